The fraction of sp³-hybridized carbons (Fsp3) is 0.889. The fourth-order valence-electron chi connectivity index (χ4n) is 1.45. The number of amides is 1. The maximum Gasteiger partial charge on any atom is 0.248 e. The van der Waals surface area contributed by atoms with Crippen molar-refractivity contribution in [2.45, 2.75) is 31.9 Å². The predicted molar refractivity (Wildman–Crippen MR) is 50.2 cm³/mol. The van der Waals surface area contributed by atoms with Crippen LogP contribution in [-0.4, -0.2) is 31.7 Å². The van der Waals surface area contributed by atoms with Crippen molar-refractivity contribution in [1.29, 1.82) is 0 Å². The standard InChI is InChI=1S/C9H18N2O2/c1-6(13-2)9(12)11-5-7-3-8(10)4-7/h6-8H,3-5,10H2,1-2H3,(H,11,12). The first-order valence-corrected chi connectivity index (χ1v) is 4.69. The number of methoxy groups -OCH3 is 1. The van der Waals surface area contributed by atoms with Gasteiger partial charge in [0.05, 0.1) is 0 Å². The number of nitrogens with two attached hydrogens (primary N) is 1. The maximum absolute atomic E-state index is 11.2. The zero-order valence-corrected chi connectivity index (χ0v) is 8.25. The maximum atomic E-state index is 11.2. The number of hydrogen-bond donors (Lipinski definition) is 2. The Labute approximate surface area is 78.8 Å². The van der Waals surface area contributed by atoms with Gasteiger partial charge in [-0.05, 0) is 25.7 Å². The first kappa shape index (κ1) is 10.5. The Morgan fingerprint density at radius 2 is 2.31 bits per heavy atom. The fourth-order valence-corrected chi connectivity index (χ4v) is 1.45. The first-order valence-electron chi connectivity index (χ1n) is 4.69. The van der Waals surface area contributed by atoms with Gasteiger partial charge < -0.3 is 15.8 Å². The minimum absolute atomic E-state index is 0.0389. The summed E-state index contributed by atoms with van der Waals surface area (Å²) in [6.45, 7) is 2.47. The second-order valence-corrected chi connectivity index (χ2v) is 3.72. The monoisotopic (exact) mass is 186 g/mol. The second-order valence-electron chi connectivity index (χ2n) is 3.72. The highest BCUT2D eigenvalue weighted by molar-refractivity contribution is 5.80. The molecule has 0 spiro atoms. The lowest BCUT2D eigenvalue weighted by Gasteiger charge is -2.32. The molecule has 1 saturated carbocycles. The molecular formula is C9H18N2O2. The molecule has 1 aliphatic rings. The third kappa shape index (κ3) is 2.97. The quantitative estimate of drug-likeness (QED) is 0.643. The summed E-state index contributed by atoms with van der Waals surface area (Å²) in [7, 11) is 1.53. The van der Waals surface area contributed by atoms with E-state index in [0.717, 1.165) is 19.4 Å². The van der Waals surface area contributed by atoms with Crippen LogP contribution >= 0.6 is 0 Å². The summed E-state index contributed by atoms with van der Waals surface area (Å²) >= 11 is 0. The lowest BCUT2D eigenvalue weighted by Crippen LogP contribution is -2.44. The summed E-state index contributed by atoms with van der Waals surface area (Å²) in [5.41, 5.74) is 5.62. The van der Waals surface area contributed by atoms with Crippen LogP contribution in [0.5, 0.6) is 0 Å². The third-order valence-corrected chi connectivity index (χ3v) is 2.56. The van der Waals surface area contributed by atoms with Crippen LogP contribution in [0.25, 0.3) is 0 Å². The lowest BCUT2D eigenvalue weighted by atomic mass is 9.81. The molecule has 3 N–H and O–H groups in total. The minimum atomic E-state index is -0.353. The normalized spacial score (nSPS) is 29.2. The third-order valence-electron chi connectivity index (χ3n) is 2.56. The molecular weight excluding hydrogens is 168 g/mol. The van der Waals surface area contributed by atoms with Gasteiger partial charge in [-0.25, -0.2) is 0 Å². The van der Waals surface area contributed by atoms with E-state index in [0.29, 0.717) is 12.0 Å². The van der Waals surface area contributed by atoms with Crippen molar-refractivity contribution in [2.24, 2.45) is 11.7 Å². The molecule has 0 aromatic rings. The van der Waals surface area contributed by atoms with Crippen molar-refractivity contribution in [1.82, 2.24) is 5.32 Å². The first-order chi connectivity index (χ1) is 6.13. The molecule has 0 aromatic carbocycles. The Bertz CT molecular complexity index is 178. The van der Waals surface area contributed by atoms with E-state index in [1.165, 1.54) is 7.11 Å². The molecule has 0 saturated heterocycles. The number of hydrogen-bond acceptors (Lipinski definition) is 3. The van der Waals surface area contributed by atoms with Crippen LogP contribution < -0.4 is 11.1 Å². The number of ether oxygens (including phenoxy) is 1. The summed E-state index contributed by atoms with van der Waals surface area (Å²) in [6.07, 6.45) is 1.71. The topological polar surface area (TPSA) is 64.3 Å². The van der Waals surface area contributed by atoms with Crippen LogP contribution in [-0.2, 0) is 9.53 Å². The van der Waals surface area contributed by atoms with Crippen LogP contribution in [0.1, 0.15) is 19.8 Å². The summed E-state index contributed by atoms with van der Waals surface area (Å²) < 4.78 is 4.88. The number of rotatable bonds is 4. The molecule has 0 heterocycles. The molecule has 1 unspecified atom stereocenters. The molecule has 1 aliphatic carbocycles. The van der Waals surface area contributed by atoms with Crippen molar-refractivity contribution in [3.8, 4) is 0 Å². The summed E-state index contributed by atoms with van der Waals surface area (Å²) in [4.78, 5) is 11.2. The molecule has 0 bridgehead atoms. The largest absolute Gasteiger partial charge is 0.372 e. The minimum Gasteiger partial charge on any atom is -0.372 e. The molecule has 1 fully saturated rings. The van der Waals surface area contributed by atoms with E-state index in [1.807, 2.05) is 0 Å². The van der Waals surface area contributed by atoms with E-state index in [4.69, 9.17) is 10.5 Å². The van der Waals surface area contributed by atoms with Crippen LogP contribution in [0.2, 0.25) is 0 Å². The molecule has 76 valence electrons. The molecule has 1 atom stereocenters. The van der Waals surface area contributed by atoms with Gasteiger partial charge in [0, 0.05) is 19.7 Å². The van der Waals surface area contributed by atoms with Crippen molar-refractivity contribution in [2.75, 3.05) is 13.7 Å². The SMILES string of the molecule is COC(C)C(=O)NCC1CC(N)C1. The van der Waals surface area contributed by atoms with E-state index >= 15 is 0 Å². The molecule has 4 nitrogen and oxygen atoms in total. The van der Waals surface area contributed by atoms with Gasteiger partial charge in [-0.2, -0.15) is 0 Å². The van der Waals surface area contributed by atoms with E-state index in [2.05, 4.69) is 5.32 Å². The number of nitrogens with one attached hydrogen (secondary N) is 1. The zero-order chi connectivity index (χ0) is 9.84. The van der Waals surface area contributed by atoms with Gasteiger partial charge in [0.1, 0.15) is 6.10 Å². The predicted octanol–water partition coefficient (Wildman–Crippen LogP) is -0.125. The molecule has 13 heavy (non-hydrogen) atoms. The Morgan fingerprint density at radius 3 is 2.77 bits per heavy atom. The van der Waals surface area contributed by atoms with Gasteiger partial charge in [-0.15, -0.1) is 0 Å². The molecule has 0 aliphatic heterocycles. The van der Waals surface area contributed by atoms with Crippen LogP contribution in [0.15, 0.2) is 0 Å². The number of carbonyl (C=O) groups excluding carboxylic acids is 1. The van der Waals surface area contributed by atoms with Gasteiger partial charge in [0.25, 0.3) is 0 Å². The highest BCUT2D eigenvalue weighted by Gasteiger charge is 2.26. The van der Waals surface area contributed by atoms with Crippen molar-refractivity contribution in [3.63, 3.8) is 0 Å². The van der Waals surface area contributed by atoms with Gasteiger partial charge in [0.15, 0.2) is 0 Å². The van der Waals surface area contributed by atoms with E-state index < -0.39 is 0 Å². The van der Waals surface area contributed by atoms with Crippen molar-refractivity contribution in [3.05, 3.63) is 0 Å². The van der Waals surface area contributed by atoms with E-state index in [1.54, 1.807) is 6.92 Å². The molecule has 4 heteroatoms. The zero-order valence-electron chi connectivity index (χ0n) is 8.25. The molecule has 0 radical (unpaired) electrons. The van der Waals surface area contributed by atoms with Crippen molar-refractivity contribution >= 4 is 5.91 Å². The average Bonchev–Trinajstić information content (AvgIpc) is 2.08. The van der Waals surface area contributed by atoms with E-state index in [-0.39, 0.29) is 12.0 Å². The van der Waals surface area contributed by atoms with Crippen LogP contribution in [0.4, 0.5) is 0 Å². The van der Waals surface area contributed by atoms with Gasteiger partial charge in [-0.1, -0.05) is 0 Å². The average molecular weight is 186 g/mol. The van der Waals surface area contributed by atoms with Gasteiger partial charge in [0.2, 0.25) is 5.91 Å². The van der Waals surface area contributed by atoms with Gasteiger partial charge in [-0.3, -0.25) is 4.79 Å². The summed E-state index contributed by atoms with van der Waals surface area (Å²) in [5, 5.41) is 2.84. The molecule has 1 rings (SSSR count). The smallest absolute Gasteiger partial charge is 0.248 e. The second kappa shape index (κ2) is 4.58. The summed E-state index contributed by atoms with van der Waals surface area (Å²) in [6, 6.07) is 0.349. The summed E-state index contributed by atoms with van der Waals surface area (Å²) in [5.74, 6) is 0.533. The highest BCUT2D eigenvalue weighted by atomic mass is 16.5. The highest BCUT2D eigenvalue weighted by Crippen LogP contribution is 2.24. The van der Waals surface area contributed by atoms with Gasteiger partial charge >= 0.3 is 0 Å². The molecule has 1 amide bonds. The Balaban J connectivity index is 2.09. The number of carbonyl (C=O) groups is 1. The van der Waals surface area contributed by atoms with Crippen LogP contribution in [0, 0.1) is 5.92 Å². The Hall–Kier alpha value is -0.610. The Morgan fingerprint density at radius 1 is 1.69 bits per heavy atom. The lowest BCUT2D eigenvalue weighted by molar-refractivity contribution is -0.130. The van der Waals surface area contributed by atoms with Crippen LogP contribution in [0.3, 0.4) is 0 Å². The molecule has 0 aromatic heterocycles. The van der Waals surface area contributed by atoms with E-state index in [9.17, 15) is 4.79 Å². The van der Waals surface area contributed by atoms with Crippen molar-refractivity contribution < 1.29 is 9.53 Å². The Kier molecular flexibility index (Phi) is 3.69.